The maximum Gasteiger partial charge on any atom is 0.138 e. The monoisotopic (exact) mass is 472 g/mol. The summed E-state index contributed by atoms with van der Waals surface area (Å²) in [6.45, 7) is 18.8. The summed E-state index contributed by atoms with van der Waals surface area (Å²) < 4.78 is 7.69. The van der Waals surface area contributed by atoms with Crippen molar-refractivity contribution in [2.24, 2.45) is 17.8 Å². The van der Waals surface area contributed by atoms with Gasteiger partial charge in [-0.2, -0.15) is 0 Å². The normalized spacial score (nSPS) is 20.2. The van der Waals surface area contributed by atoms with Gasteiger partial charge in [-0.05, 0) is 71.1 Å². The highest BCUT2D eigenvalue weighted by molar-refractivity contribution is 5.67. The van der Waals surface area contributed by atoms with Crippen molar-refractivity contribution in [3.05, 3.63) is 22.3 Å². The van der Waals surface area contributed by atoms with E-state index in [4.69, 9.17) is 4.74 Å². The van der Waals surface area contributed by atoms with Gasteiger partial charge in [0.05, 0.1) is 21.1 Å². The molecule has 34 heavy (non-hydrogen) atoms. The molecule has 1 aromatic rings. The van der Waals surface area contributed by atoms with Crippen LogP contribution in [0.5, 0.6) is 5.75 Å². The van der Waals surface area contributed by atoms with Gasteiger partial charge in [0.25, 0.3) is 0 Å². The molecule has 0 bridgehead atoms. The van der Waals surface area contributed by atoms with Crippen molar-refractivity contribution in [1.82, 2.24) is 4.48 Å². The summed E-state index contributed by atoms with van der Waals surface area (Å²) in [4.78, 5) is 0. The van der Waals surface area contributed by atoms with Crippen molar-refractivity contribution in [2.75, 3.05) is 21.1 Å². The van der Waals surface area contributed by atoms with Gasteiger partial charge < -0.3 is 4.74 Å². The van der Waals surface area contributed by atoms with E-state index < -0.39 is 0 Å². The van der Waals surface area contributed by atoms with E-state index in [0.29, 0.717) is 0 Å². The second-order valence-electron chi connectivity index (χ2n) is 13.5. The Morgan fingerprint density at radius 1 is 0.765 bits per heavy atom. The van der Waals surface area contributed by atoms with Crippen LogP contribution in [0.25, 0.3) is 0 Å². The first-order chi connectivity index (χ1) is 15.7. The molecule has 0 unspecified atom stereocenters. The van der Waals surface area contributed by atoms with E-state index in [9.17, 15) is 0 Å². The van der Waals surface area contributed by atoms with Gasteiger partial charge in [0.1, 0.15) is 17.0 Å². The number of nitrogens with zero attached hydrogens (tertiary/aromatic N) is 1. The molecule has 2 rings (SSSR count). The predicted octanol–water partition coefficient (Wildman–Crippen LogP) is 9.33. The fourth-order valence-corrected chi connectivity index (χ4v) is 6.28. The molecular formula is C32H58NO+. The molecule has 3 atom stereocenters. The number of fused-ring (bicyclic) bond motifs is 1. The van der Waals surface area contributed by atoms with E-state index in [1.807, 2.05) is 0 Å². The fourth-order valence-electron chi connectivity index (χ4n) is 6.28. The molecule has 1 aliphatic heterocycles. The number of ether oxygens (including phenoxy) is 1. The molecule has 196 valence electrons. The summed E-state index contributed by atoms with van der Waals surface area (Å²) in [6, 6.07) is 0. The number of benzene rings is 1. The molecule has 1 aliphatic rings. The topological polar surface area (TPSA) is 9.23 Å². The van der Waals surface area contributed by atoms with Crippen LogP contribution in [0.15, 0.2) is 0 Å². The molecule has 0 N–H and O–H groups in total. The minimum atomic E-state index is -0.0145. The Balaban J connectivity index is 1.84. The van der Waals surface area contributed by atoms with Crippen LogP contribution in [0.2, 0.25) is 0 Å². The Bertz CT molecular complexity index is 787. The predicted molar refractivity (Wildman–Crippen MR) is 152 cm³/mol. The Morgan fingerprint density at radius 2 is 1.29 bits per heavy atom. The molecule has 0 aromatic heterocycles. The first-order valence-corrected chi connectivity index (χ1v) is 14.4. The lowest BCUT2D eigenvalue weighted by Gasteiger charge is -2.39. The number of quaternary nitrogens is 1. The van der Waals surface area contributed by atoms with Crippen LogP contribution in [-0.4, -0.2) is 26.7 Å². The van der Waals surface area contributed by atoms with Crippen LogP contribution in [0, 0.1) is 38.5 Å². The summed E-state index contributed by atoms with van der Waals surface area (Å²) in [6.07, 6.45) is 14.5. The Hall–Kier alpha value is -1.02. The number of hydrogen-bond donors (Lipinski definition) is 0. The van der Waals surface area contributed by atoms with Gasteiger partial charge in [-0.25, -0.2) is 0 Å². The molecule has 1 aromatic carbocycles. The highest BCUT2D eigenvalue weighted by atomic mass is 16.5. The van der Waals surface area contributed by atoms with Crippen molar-refractivity contribution in [3.63, 3.8) is 0 Å². The smallest absolute Gasteiger partial charge is 0.138 e. The van der Waals surface area contributed by atoms with Gasteiger partial charge >= 0.3 is 0 Å². The summed E-state index contributed by atoms with van der Waals surface area (Å²) in [7, 11) is 6.84. The molecular weight excluding hydrogens is 414 g/mol. The first kappa shape index (κ1) is 29.2. The fraction of sp³-hybridized carbons (Fsp3) is 0.812. The molecule has 0 spiro atoms. The van der Waals surface area contributed by atoms with E-state index >= 15 is 0 Å². The van der Waals surface area contributed by atoms with E-state index in [2.05, 4.69) is 76.5 Å². The van der Waals surface area contributed by atoms with E-state index in [1.54, 1.807) is 0 Å². The van der Waals surface area contributed by atoms with Crippen molar-refractivity contribution < 1.29 is 4.74 Å². The molecule has 0 amide bonds. The quantitative estimate of drug-likeness (QED) is 0.260. The Kier molecular flexibility index (Phi) is 10.6. The maximum absolute atomic E-state index is 6.82. The second kappa shape index (κ2) is 12.3. The average molecular weight is 473 g/mol. The van der Waals surface area contributed by atoms with Crippen molar-refractivity contribution in [2.45, 2.75) is 132 Å². The number of hydrogen-bond acceptors (Lipinski definition) is 1. The zero-order chi connectivity index (χ0) is 25.7. The third-order valence-corrected chi connectivity index (χ3v) is 8.54. The molecule has 0 radical (unpaired) electrons. The molecule has 0 aliphatic carbocycles. The van der Waals surface area contributed by atoms with Gasteiger partial charge in [0.15, 0.2) is 0 Å². The van der Waals surface area contributed by atoms with Gasteiger partial charge in [-0.3, -0.25) is 4.48 Å². The SMILES string of the molecule is Cc1c(C)c([N+](C)(C)C)c(C)c2c1O[C@](C)(CCC[C@H](C)CCC[C@H](C)CCCC(C)C)CC2. The molecule has 0 saturated heterocycles. The largest absolute Gasteiger partial charge is 0.487 e. The molecule has 0 fully saturated rings. The standard InChI is InChI=1S/C32H58NO/c1-23(2)15-12-16-24(3)17-13-18-25(4)19-14-21-32(8)22-20-29-28(7)30(33(9,10)11)26(5)27(6)31(29)34-32/h23-25H,12-22H2,1-11H3/q+1/t24-,25-,32-/m1/s1. The van der Waals surface area contributed by atoms with Gasteiger partial charge in [-0.15, -0.1) is 0 Å². The Labute approximate surface area is 213 Å². The van der Waals surface area contributed by atoms with Gasteiger partial charge in [0.2, 0.25) is 0 Å². The van der Waals surface area contributed by atoms with Crippen molar-refractivity contribution >= 4 is 5.69 Å². The van der Waals surface area contributed by atoms with Crippen LogP contribution >= 0.6 is 0 Å². The van der Waals surface area contributed by atoms with Crippen LogP contribution in [0.4, 0.5) is 5.69 Å². The lowest BCUT2D eigenvalue weighted by Crippen LogP contribution is -2.39. The van der Waals surface area contributed by atoms with Crippen molar-refractivity contribution in [3.8, 4) is 5.75 Å². The minimum absolute atomic E-state index is 0.0145. The van der Waals surface area contributed by atoms with Crippen LogP contribution in [-0.2, 0) is 6.42 Å². The third kappa shape index (κ3) is 8.00. The zero-order valence-electron chi connectivity index (χ0n) is 24.9. The minimum Gasteiger partial charge on any atom is -0.487 e. The summed E-state index contributed by atoms with van der Waals surface area (Å²) in [5, 5.41) is 0. The first-order valence-electron chi connectivity index (χ1n) is 14.4. The number of rotatable bonds is 13. The van der Waals surface area contributed by atoms with Crippen molar-refractivity contribution in [1.29, 1.82) is 0 Å². The van der Waals surface area contributed by atoms with E-state index in [-0.39, 0.29) is 5.60 Å². The van der Waals surface area contributed by atoms with Crippen LogP contribution < -0.4 is 9.22 Å². The van der Waals surface area contributed by atoms with Crippen LogP contribution in [0.3, 0.4) is 0 Å². The maximum atomic E-state index is 6.82. The lowest BCUT2D eigenvalue weighted by molar-refractivity contribution is 0.0513. The molecule has 1 heterocycles. The summed E-state index contributed by atoms with van der Waals surface area (Å²) >= 11 is 0. The van der Waals surface area contributed by atoms with Gasteiger partial charge in [-0.1, -0.05) is 72.6 Å². The molecule has 0 saturated carbocycles. The van der Waals surface area contributed by atoms with Gasteiger partial charge in [0, 0.05) is 22.3 Å². The second-order valence-corrected chi connectivity index (χ2v) is 13.5. The van der Waals surface area contributed by atoms with E-state index in [0.717, 1.165) is 35.1 Å². The Morgan fingerprint density at radius 3 is 1.82 bits per heavy atom. The molecule has 2 heteroatoms. The summed E-state index contributed by atoms with van der Waals surface area (Å²) in [5.41, 5.74) is 7.11. The highest BCUT2D eigenvalue weighted by Crippen LogP contribution is 2.45. The third-order valence-electron chi connectivity index (χ3n) is 8.54. The summed E-state index contributed by atoms with van der Waals surface area (Å²) in [5.74, 6) is 3.78. The highest BCUT2D eigenvalue weighted by Gasteiger charge is 2.36. The molecule has 2 nitrogen and oxygen atoms in total. The average Bonchev–Trinajstić information content (AvgIpc) is 2.70. The van der Waals surface area contributed by atoms with Crippen LogP contribution in [0.1, 0.15) is 121 Å². The van der Waals surface area contributed by atoms with E-state index in [1.165, 1.54) is 91.5 Å². The lowest BCUT2D eigenvalue weighted by atomic mass is 9.83. The zero-order valence-corrected chi connectivity index (χ0v) is 24.9.